The van der Waals surface area contributed by atoms with Gasteiger partial charge in [-0.25, -0.2) is 0 Å². The van der Waals surface area contributed by atoms with Gasteiger partial charge in [-0.05, 0) is 0 Å². The van der Waals surface area contributed by atoms with Gasteiger partial charge in [-0.1, -0.05) is 20.8 Å². The maximum atomic E-state index is 11.1. The molecule has 0 aromatic heterocycles. The van der Waals surface area contributed by atoms with Crippen LogP contribution in [-0.2, 0) is 14.2 Å². The summed E-state index contributed by atoms with van der Waals surface area (Å²) in [6, 6.07) is 0. The van der Waals surface area contributed by atoms with Gasteiger partial charge in [0, 0.05) is 12.2 Å². The molecule has 0 spiro atoms. The Morgan fingerprint density at radius 1 is 1.05 bits per heavy atom. The molecule has 0 rings (SSSR count). The average molecular weight is 315 g/mol. The normalized spacial score (nSPS) is 10.9. The zero-order valence-corrected chi connectivity index (χ0v) is 16.9. The fourth-order valence-electron chi connectivity index (χ4n) is 0.890. The Balaban J connectivity index is -0.000000427. The van der Waals surface area contributed by atoms with Crippen LogP contribution in [0.3, 0.4) is 0 Å². The first-order valence-corrected chi connectivity index (χ1v) is 5.66. The molecule has 20 heavy (non-hydrogen) atoms. The minimum Gasteiger partial charge on any atom is -0.676 e. The smallest absolute Gasteiger partial charge is 0.676 e. The summed E-state index contributed by atoms with van der Waals surface area (Å²) in [6.07, 6.45) is -0.563. The molecule has 0 atom stereocenters. The summed E-state index contributed by atoms with van der Waals surface area (Å²) in [5.41, 5.74) is 6.33. The predicted octanol–water partition coefficient (Wildman–Crippen LogP) is -1.49. The van der Waals surface area contributed by atoms with Gasteiger partial charge in [0.25, 0.3) is 0 Å². The summed E-state index contributed by atoms with van der Waals surface area (Å²) >= 11 is 0. The Morgan fingerprint density at radius 3 is 2.00 bits per heavy atom. The van der Waals surface area contributed by atoms with E-state index >= 15 is 0 Å². The van der Waals surface area contributed by atoms with Crippen LogP contribution < -0.4 is 56.5 Å². The van der Waals surface area contributed by atoms with Crippen LogP contribution in [0.1, 0.15) is 20.8 Å². The van der Waals surface area contributed by atoms with Crippen molar-refractivity contribution in [2.75, 3.05) is 39.5 Å². The molecule has 6 nitrogen and oxygen atoms in total. The molecule has 7 heteroatoms. The Hall–Kier alpha value is 0.786. The fourth-order valence-corrected chi connectivity index (χ4v) is 0.890. The number of ether oxygens (including phenoxy) is 3. The number of nitrogens with zero attached hydrogens (tertiary/aromatic N) is 1. The van der Waals surface area contributed by atoms with E-state index in [1.54, 1.807) is 20.8 Å². The monoisotopic (exact) mass is 315 g/mol. The Bertz CT molecular complexity index is 221. The molecule has 0 aliphatic heterocycles. The maximum Gasteiger partial charge on any atom is 1.00 e. The van der Waals surface area contributed by atoms with Crippen molar-refractivity contribution in [1.29, 1.82) is 0 Å². The second-order valence-corrected chi connectivity index (χ2v) is 4.34. The molecule has 1 N–H and O–H groups in total. The maximum absolute atomic E-state index is 11.1. The van der Waals surface area contributed by atoms with E-state index < -0.39 is 11.7 Å². The van der Waals surface area contributed by atoms with Crippen molar-refractivity contribution in [3.05, 3.63) is 20.6 Å². The molecule has 0 saturated carbocycles. The molecule has 0 bridgehead atoms. The van der Waals surface area contributed by atoms with Gasteiger partial charge in [-0.2, -0.15) is 0 Å². The van der Waals surface area contributed by atoms with Crippen LogP contribution in [0.25, 0.3) is 5.73 Å². The van der Waals surface area contributed by atoms with Gasteiger partial charge >= 0.3 is 51.4 Å². The van der Waals surface area contributed by atoms with E-state index in [1.807, 2.05) is 0 Å². The Labute approximate surface area is 166 Å². The molecule has 0 saturated heterocycles. The second kappa shape index (κ2) is 17.8. The summed E-state index contributed by atoms with van der Waals surface area (Å²) in [5, 5.41) is 11.1. The molecule has 0 heterocycles. The van der Waals surface area contributed by atoms with Crippen molar-refractivity contribution in [3.63, 3.8) is 0 Å². The first-order valence-electron chi connectivity index (χ1n) is 5.66. The predicted molar refractivity (Wildman–Crippen MR) is 76.8 cm³/mol. The minimum absolute atomic E-state index is 0. The van der Waals surface area contributed by atoms with Crippen LogP contribution in [0, 0.1) is 14.9 Å². The van der Waals surface area contributed by atoms with Gasteiger partial charge in [0.05, 0.1) is 26.4 Å². The molecule has 0 aliphatic rings. The fraction of sp³-hybridized carbons (Fsp3) is 0.769. The van der Waals surface area contributed by atoms with Gasteiger partial charge in [-0.3, -0.25) is 4.99 Å². The van der Waals surface area contributed by atoms with Gasteiger partial charge in [0.15, 0.2) is 0 Å². The molecule has 0 aromatic carbocycles. The first kappa shape index (κ1) is 28.9. The van der Waals surface area contributed by atoms with E-state index in [9.17, 15) is 5.11 Å². The van der Waals surface area contributed by atoms with Gasteiger partial charge in [0.1, 0.15) is 6.08 Å². The summed E-state index contributed by atoms with van der Waals surface area (Å²) in [5.74, 6) is 0. The van der Waals surface area contributed by atoms with Crippen LogP contribution in [0.5, 0.6) is 0 Å². The van der Waals surface area contributed by atoms with Gasteiger partial charge < -0.3 is 39.9 Å². The van der Waals surface area contributed by atoms with E-state index in [2.05, 4.69) is 4.99 Å². The van der Waals surface area contributed by atoms with Crippen LogP contribution in [0.15, 0.2) is 4.99 Å². The number of hydrogen-bond acceptors (Lipinski definition) is 5. The number of aliphatic imine (C=N–C) groups is 1. The molecule has 0 amide bonds. The van der Waals surface area contributed by atoms with Crippen LogP contribution >= 0.6 is 0 Å². The molecule has 0 fully saturated rings. The van der Waals surface area contributed by atoms with E-state index in [4.69, 9.17) is 19.9 Å². The van der Waals surface area contributed by atoms with E-state index in [0.717, 1.165) is 0 Å². The van der Waals surface area contributed by atoms with Gasteiger partial charge in [-0.15, -0.1) is 6.54 Å². The number of rotatable bonds is 8. The van der Waals surface area contributed by atoms with Crippen LogP contribution in [-0.4, -0.2) is 51.2 Å². The van der Waals surface area contributed by atoms with Crippen LogP contribution in [0.2, 0.25) is 0 Å². The summed E-state index contributed by atoms with van der Waals surface area (Å²) in [7, 11) is 0. The van der Waals surface area contributed by atoms with Crippen LogP contribution in [0.4, 0.5) is 0 Å². The third kappa shape index (κ3) is 23.8. The SMILES string of the molecule is CC(C)(C)OC([O-])=NCCOCCOCC[NH-].[CH3-].[CH3-].[K+]. The van der Waals surface area contributed by atoms with Crippen molar-refractivity contribution in [3.8, 4) is 0 Å². The van der Waals surface area contributed by atoms with E-state index in [0.29, 0.717) is 26.4 Å². The van der Waals surface area contributed by atoms with Crippen molar-refractivity contribution in [1.82, 2.24) is 0 Å². The Morgan fingerprint density at radius 2 is 1.55 bits per heavy atom. The van der Waals surface area contributed by atoms with Gasteiger partial charge in [0.2, 0.25) is 0 Å². The zero-order chi connectivity index (χ0) is 13.1. The molecular formula is C13H28KN2O4-3. The van der Waals surface area contributed by atoms with Crippen molar-refractivity contribution in [2.24, 2.45) is 4.99 Å². The second-order valence-electron chi connectivity index (χ2n) is 4.34. The zero-order valence-electron chi connectivity index (χ0n) is 13.8. The molecular weight excluding hydrogens is 287 g/mol. The summed E-state index contributed by atoms with van der Waals surface area (Å²) in [4.78, 5) is 3.69. The van der Waals surface area contributed by atoms with E-state index in [1.165, 1.54) is 0 Å². The quantitative estimate of drug-likeness (QED) is 0.179. The van der Waals surface area contributed by atoms with Crippen molar-refractivity contribution in [2.45, 2.75) is 26.4 Å². The first-order chi connectivity index (χ1) is 7.95. The third-order valence-electron chi connectivity index (χ3n) is 1.49. The molecule has 0 aliphatic carbocycles. The molecule has 118 valence electrons. The number of hydrogen-bond donors (Lipinski definition) is 0. The Kier molecular flexibility index (Phi) is 25.8. The molecule has 0 radical (unpaired) electrons. The standard InChI is InChI=1S/C11H23N2O4.2CH3.K/c1-11(2,3)17-10(14)13-5-7-16-9-8-15-6-4-12;;;/h12H,4-9H2,1-3H3,(H,13,14);2*1H3;/q3*-1;+1/p-1. The minimum atomic E-state index is -0.563. The van der Waals surface area contributed by atoms with Crippen molar-refractivity contribution >= 4 is 6.08 Å². The topological polar surface area (TPSA) is 86.9 Å². The molecule has 0 unspecified atom stereocenters. The largest absolute Gasteiger partial charge is 1.00 e. The average Bonchev–Trinajstić information content (AvgIpc) is 2.19. The summed E-state index contributed by atoms with van der Waals surface area (Å²) in [6.45, 7) is 7.62. The molecule has 0 aromatic rings. The summed E-state index contributed by atoms with van der Waals surface area (Å²) < 4.78 is 15.2. The van der Waals surface area contributed by atoms with Crippen molar-refractivity contribution < 1.29 is 70.7 Å². The van der Waals surface area contributed by atoms with E-state index in [-0.39, 0.29) is 79.3 Å². The number of nitrogens with one attached hydrogen (secondary N) is 1. The third-order valence-corrected chi connectivity index (χ3v) is 1.49.